The number of piperazine rings is 1. The van der Waals surface area contributed by atoms with Crippen LogP contribution in [0.15, 0.2) is 146 Å². The van der Waals surface area contributed by atoms with Crippen LogP contribution in [-0.2, 0) is 40.8 Å². The fraction of sp³-hybridized carbons (Fsp3) is 0.208. The summed E-state index contributed by atoms with van der Waals surface area (Å²) in [6.45, 7) is 4.48. The molecule has 6 aromatic rings. The van der Waals surface area contributed by atoms with E-state index in [2.05, 4.69) is 28.7 Å². The molecule has 0 unspecified atom stereocenters. The van der Waals surface area contributed by atoms with E-state index in [1.807, 2.05) is 104 Å². The number of benzene rings is 5. The van der Waals surface area contributed by atoms with E-state index in [1.165, 1.54) is 0 Å². The Morgan fingerprint density at radius 1 is 0.847 bits per heavy atom. The van der Waals surface area contributed by atoms with Crippen LogP contribution in [0.4, 0.5) is 5.69 Å². The van der Waals surface area contributed by atoms with Crippen LogP contribution in [0.1, 0.15) is 33.5 Å². The molecule has 5 aromatic carbocycles. The average Bonchev–Trinajstić information content (AvgIpc) is 3.59. The number of hydrogen-bond donors (Lipinski definition) is 2. The first-order chi connectivity index (χ1) is 28.7. The largest absolute Gasteiger partial charge is 0.508 e. The average molecular weight is 787 g/mol. The summed E-state index contributed by atoms with van der Waals surface area (Å²) in [5.41, 5.74) is 6.85. The molecule has 2 fully saturated rings. The molecule has 2 saturated heterocycles. The number of phenolic OH excluding ortho intramolecular Hbond substituents is 1. The molecular weight excluding hydrogens is 741 g/mol. The van der Waals surface area contributed by atoms with E-state index in [0.717, 1.165) is 44.4 Å². The molecule has 2 atom stereocenters. The Morgan fingerprint density at radius 2 is 1.56 bits per heavy atom. The molecule has 0 saturated carbocycles. The van der Waals surface area contributed by atoms with Gasteiger partial charge < -0.3 is 24.8 Å². The quantitative estimate of drug-likeness (QED) is 0.132. The summed E-state index contributed by atoms with van der Waals surface area (Å²) in [4.78, 5) is 59.5. The van der Waals surface area contributed by atoms with Gasteiger partial charge in [-0.15, -0.1) is 6.58 Å². The van der Waals surface area contributed by atoms with Crippen LogP contribution < -0.4 is 5.32 Å². The van der Waals surface area contributed by atoms with Gasteiger partial charge >= 0.3 is 0 Å². The second-order valence-electron chi connectivity index (χ2n) is 15.1. The molecule has 11 heteroatoms. The third-order valence-electron chi connectivity index (χ3n) is 11.2. The molecule has 1 aromatic heterocycles. The number of amides is 4. The molecule has 0 spiro atoms. The summed E-state index contributed by atoms with van der Waals surface area (Å²) in [6, 6.07) is 38.5. The maximum atomic E-state index is 14.8. The molecule has 2 aliphatic heterocycles. The Hall–Kier alpha value is -6.98. The second-order valence-corrected chi connectivity index (χ2v) is 15.1. The van der Waals surface area contributed by atoms with Crippen LogP contribution in [0.3, 0.4) is 0 Å². The van der Waals surface area contributed by atoms with Crippen molar-refractivity contribution in [3.05, 3.63) is 168 Å². The molecule has 11 nitrogen and oxygen atoms in total. The molecule has 2 N–H and O–H groups in total. The number of rotatable bonds is 12. The van der Waals surface area contributed by atoms with Crippen LogP contribution in [0.2, 0.25) is 0 Å². The number of carbonyl (C=O) groups excluding carboxylic acids is 4. The minimum atomic E-state index is -0.887. The van der Waals surface area contributed by atoms with Crippen molar-refractivity contribution in [3.8, 4) is 16.9 Å². The number of para-hydroxylation sites is 2. The van der Waals surface area contributed by atoms with Crippen molar-refractivity contribution in [2.45, 2.75) is 38.0 Å². The van der Waals surface area contributed by atoms with Gasteiger partial charge in [-0.05, 0) is 65.1 Å². The van der Waals surface area contributed by atoms with E-state index in [0.29, 0.717) is 12.0 Å². The summed E-state index contributed by atoms with van der Waals surface area (Å²) in [5.74, 6) is -0.688. The van der Waals surface area contributed by atoms with Gasteiger partial charge in [0.05, 0.1) is 18.6 Å². The van der Waals surface area contributed by atoms with Gasteiger partial charge in [0.25, 0.3) is 5.91 Å². The van der Waals surface area contributed by atoms with Crippen molar-refractivity contribution in [1.82, 2.24) is 24.4 Å². The number of aromatic hydroxyl groups is 1. The van der Waals surface area contributed by atoms with Crippen LogP contribution in [-0.4, -0.2) is 85.0 Å². The van der Waals surface area contributed by atoms with E-state index >= 15 is 0 Å². The normalized spacial score (nSPS) is 16.9. The Kier molecular flexibility index (Phi) is 11.1. The highest BCUT2D eigenvalue weighted by Gasteiger charge is 2.51. The van der Waals surface area contributed by atoms with E-state index in [1.54, 1.807) is 50.2 Å². The molecular formula is C48H46N6O5. The zero-order valence-corrected chi connectivity index (χ0v) is 32.9. The van der Waals surface area contributed by atoms with Gasteiger partial charge in [0.15, 0.2) is 0 Å². The lowest BCUT2D eigenvalue weighted by molar-refractivity contribution is -0.205. The highest BCUT2D eigenvalue weighted by atomic mass is 16.3. The van der Waals surface area contributed by atoms with Gasteiger partial charge in [-0.3, -0.25) is 19.2 Å². The number of aryl methyl sites for hydroxylation is 2. The highest BCUT2D eigenvalue weighted by molar-refractivity contribution is 6.05. The first-order valence-corrected chi connectivity index (χ1v) is 19.8. The summed E-state index contributed by atoms with van der Waals surface area (Å²) < 4.78 is 2.06. The fourth-order valence-electron chi connectivity index (χ4n) is 8.41. The molecule has 0 radical (unpaired) electrons. The summed E-state index contributed by atoms with van der Waals surface area (Å²) in [5, 5.41) is 17.4. The maximum Gasteiger partial charge on any atom is 0.255 e. The highest BCUT2D eigenvalue weighted by Crippen LogP contribution is 2.35. The molecule has 59 heavy (non-hydrogen) atoms. The van der Waals surface area contributed by atoms with Gasteiger partial charge in [0.1, 0.15) is 18.0 Å². The molecule has 2 aliphatic rings. The summed E-state index contributed by atoms with van der Waals surface area (Å²) >= 11 is 0. The summed E-state index contributed by atoms with van der Waals surface area (Å²) in [6.07, 6.45) is 3.95. The van der Waals surface area contributed by atoms with Crippen molar-refractivity contribution in [1.29, 1.82) is 0 Å². The van der Waals surface area contributed by atoms with Crippen molar-refractivity contribution in [3.63, 3.8) is 0 Å². The Balaban J connectivity index is 1.11. The topological polar surface area (TPSA) is 118 Å². The SMILES string of the molecule is C=CCN1CC(=O)N2[C@@H](Cc3ccc(O)cc3)C(=O)N(Cc3cccc4c(-c5ccc(C(=O)Nc6ccccc6)cc5)cn(C)c34)C[C@@H]2N1C(=O)CCc1ccccc1. The Labute approximate surface area is 343 Å². The number of anilines is 1. The minimum absolute atomic E-state index is 0.0664. The van der Waals surface area contributed by atoms with Crippen molar-refractivity contribution >= 4 is 40.2 Å². The van der Waals surface area contributed by atoms with Gasteiger partial charge in [0, 0.05) is 61.4 Å². The third kappa shape index (κ3) is 8.10. The van der Waals surface area contributed by atoms with Crippen LogP contribution in [0.5, 0.6) is 5.75 Å². The van der Waals surface area contributed by atoms with Gasteiger partial charge in [-0.1, -0.05) is 97.1 Å². The number of phenols is 1. The monoisotopic (exact) mass is 786 g/mol. The first-order valence-electron chi connectivity index (χ1n) is 19.8. The minimum Gasteiger partial charge on any atom is -0.508 e. The number of nitrogens with one attached hydrogen (secondary N) is 1. The Morgan fingerprint density at radius 3 is 2.27 bits per heavy atom. The van der Waals surface area contributed by atoms with Crippen molar-refractivity contribution < 1.29 is 24.3 Å². The zero-order chi connectivity index (χ0) is 41.0. The maximum absolute atomic E-state index is 14.8. The standard InChI is InChI=1S/C48H46N6O5/c1-3-27-52-32-45(57)53-42(28-34-17-24-39(55)25-18-34)48(59)51(31-43(53)54(52)44(56)26-19-33-11-6-4-7-12-33)29-37-13-10-16-40-41(30-50(2)46(37)40)35-20-22-36(23-21-35)47(58)49-38-14-8-5-9-15-38/h3-18,20-25,30,42-43,55H,1,19,26-29,31-32H2,2H3,(H,49,58)/t42-,43-/m0/s1. The number of fused-ring (bicyclic) bond motifs is 2. The van der Waals surface area contributed by atoms with Gasteiger partial charge in [-0.25, -0.2) is 10.0 Å². The molecule has 4 amide bonds. The molecule has 8 rings (SSSR count). The van der Waals surface area contributed by atoms with Crippen molar-refractivity contribution in [2.24, 2.45) is 7.05 Å². The first kappa shape index (κ1) is 38.9. The molecule has 3 heterocycles. The fourth-order valence-corrected chi connectivity index (χ4v) is 8.41. The lowest BCUT2D eigenvalue weighted by Gasteiger charge is -2.55. The van der Waals surface area contributed by atoms with Crippen LogP contribution in [0, 0.1) is 0 Å². The molecule has 0 aliphatic carbocycles. The van der Waals surface area contributed by atoms with E-state index < -0.39 is 12.2 Å². The predicted molar refractivity (Wildman–Crippen MR) is 228 cm³/mol. The van der Waals surface area contributed by atoms with E-state index in [-0.39, 0.29) is 68.4 Å². The third-order valence-corrected chi connectivity index (χ3v) is 11.2. The van der Waals surface area contributed by atoms with E-state index in [9.17, 15) is 24.3 Å². The van der Waals surface area contributed by atoms with Crippen LogP contribution in [0.25, 0.3) is 22.0 Å². The molecule has 0 bridgehead atoms. The number of hydrogen-bond acceptors (Lipinski definition) is 6. The van der Waals surface area contributed by atoms with Crippen molar-refractivity contribution in [2.75, 3.05) is 25.0 Å². The van der Waals surface area contributed by atoms with E-state index in [4.69, 9.17) is 0 Å². The lowest BCUT2D eigenvalue weighted by atomic mass is 9.97. The smallest absolute Gasteiger partial charge is 0.255 e. The number of nitrogens with zero attached hydrogens (tertiary/aromatic N) is 5. The van der Waals surface area contributed by atoms with Crippen LogP contribution >= 0.6 is 0 Å². The zero-order valence-electron chi connectivity index (χ0n) is 32.9. The molecule has 298 valence electrons. The van der Waals surface area contributed by atoms with Gasteiger partial charge in [-0.2, -0.15) is 0 Å². The number of carbonyl (C=O) groups is 4. The summed E-state index contributed by atoms with van der Waals surface area (Å²) in [7, 11) is 1.98. The lowest BCUT2D eigenvalue weighted by Crippen LogP contribution is -2.75. The number of aromatic nitrogens is 1. The predicted octanol–water partition coefficient (Wildman–Crippen LogP) is 6.79. The van der Waals surface area contributed by atoms with Gasteiger partial charge in [0.2, 0.25) is 17.7 Å². The second kappa shape index (κ2) is 16.9. The number of hydrazine groups is 1. The Bertz CT molecular complexity index is 2500.